The molecular formula is C24H26. The van der Waals surface area contributed by atoms with E-state index < -0.39 is 0 Å². The van der Waals surface area contributed by atoms with Gasteiger partial charge in [0.2, 0.25) is 0 Å². The maximum absolute atomic E-state index is 2.31. The minimum atomic E-state index is 0.489. The van der Waals surface area contributed by atoms with E-state index in [4.69, 9.17) is 0 Å². The van der Waals surface area contributed by atoms with Crippen LogP contribution >= 0.6 is 0 Å². The van der Waals surface area contributed by atoms with Crippen molar-refractivity contribution < 1.29 is 0 Å². The molecule has 24 heavy (non-hydrogen) atoms. The van der Waals surface area contributed by atoms with Crippen LogP contribution in [-0.2, 0) is 0 Å². The lowest BCUT2D eigenvalue weighted by Crippen LogP contribution is -2.00. The van der Waals surface area contributed by atoms with Gasteiger partial charge in [-0.2, -0.15) is 0 Å². The predicted molar refractivity (Wildman–Crippen MR) is 106 cm³/mol. The van der Waals surface area contributed by atoms with Crippen molar-refractivity contribution in [1.29, 1.82) is 0 Å². The van der Waals surface area contributed by atoms with Crippen molar-refractivity contribution in [2.45, 2.75) is 40.5 Å². The minimum absolute atomic E-state index is 0.489. The topological polar surface area (TPSA) is 0 Å². The Morgan fingerprint density at radius 3 is 1.50 bits per heavy atom. The summed E-state index contributed by atoms with van der Waals surface area (Å²) in [6.07, 6.45) is 0. The highest BCUT2D eigenvalue weighted by atomic mass is 14.2. The molecule has 0 heteroatoms. The summed E-state index contributed by atoms with van der Waals surface area (Å²) in [5, 5.41) is 0. The molecule has 0 amide bonds. The molecule has 0 saturated carbocycles. The molecular weight excluding hydrogens is 288 g/mol. The summed E-state index contributed by atoms with van der Waals surface area (Å²) < 4.78 is 0. The van der Waals surface area contributed by atoms with Gasteiger partial charge >= 0.3 is 0 Å². The molecule has 3 aromatic carbocycles. The number of hydrogen-bond donors (Lipinski definition) is 0. The fraction of sp³-hybridized carbons (Fsp3) is 0.250. The van der Waals surface area contributed by atoms with Crippen LogP contribution in [0.3, 0.4) is 0 Å². The average Bonchev–Trinajstić information content (AvgIpc) is 2.55. The molecule has 0 aliphatic rings. The first-order valence-electron chi connectivity index (χ1n) is 8.76. The van der Waals surface area contributed by atoms with Gasteiger partial charge in [0.1, 0.15) is 0 Å². The predicted octanol–water partition coefficient (Wildman–Crippen LogP) is 7.07. The first-order valence-corrected chi connectivity index (χ1v) is 8.76. The monoisotopic (exact) mass is 314 g/mol. The lowest BCUT2D eigenvalue weighted by atomic mass is 9.83. The van der Waals surface area contributed by atoms with Gasteiger partial charge in [-0.15, -0.1) is 0 Å². The quantitative estimate of drug-likeness (QED) is 0.485. The smallest absolute Gasteiger partial charge is 0.0144 e. The SMILES string of the molecule is Cc1ccccc1-c1ccc(-c2ccccc2C)c(C(C)C)c1C. The van der Waals surface area contributed by atoms with E-state index in [1.165, 1.54) is 44.5 Å². The zero-order valence-electron chi connectivity index (χ0n) is 15.4. The Balaban J connectivity index is 2.27. The van der Waals surface area contributed by atoms with E-state index >= 15 is 0 Å². The summed E-state index contributed by atoms with van der Waals surface area (Å²) in [6.45, 7) is 11.3. The Hall–Kier alpha value is -2.34. The average molecular weight is 314 g/mol. The lowest BCUT2D eigenvalue weighted by Gasteiger charge is -2.21. The van der Waals surface area contributed by atoms with E-state index in [-0.39, 0.29) is 0 Å². The number of hydrogen-bond acceptors (Lipinski definition) is 0. The molecule has 0 heterocycles. The Morgan fingerprint density at radius 2 is 1.00 bits per heavy atom. The van der Waals surface area contributed by atoms with Crippen molar-refractivity contribution in [3.05, 3.63) is 82.9 Å². The lowest BCUT2D eigenvalue weighted by molar-refractivity contribution is 0.859. The van der Waals surface area contributed by atoms with Crippen LogP contribution in [0.5, 0.6) is 0 Å². The van der Waals surface area contributed by atoms with Crippen LogP contribution in [0.4, 0.5) is 0 Å². The van der Waals surface area contributed by atoms with Crippen LogP contribution in [0.1, 0.15) is 42.0 Å². The molecule has 0 bridgehead atoms. The first-order chi connectivity index (χ1) is 11.5. The van der Waals surface area contributed by atoms with Crippen molar-refractivity contribution in [2.24, 2.45) is 0 Å². The molecule has 0 atom stereocenters. The third kappa shape index (κ3) is 2.89. The zero-order valence-corrected chi connectivity index (χ0v) is 15.4. The minimum Gasteiger partial charge on any atom is -0.0620 e. The molecule has 0 aromatic heterocycles. The molecule has 0 aliphatic carbocycles. The largest absolute Gasteiger partial charge is 0.0620 e. The van der Waals surface area contributed by atoms with E-state index in [1.807, 2.05) is 0 Å². The summed E-state index contributed by atoms with van der Waals surface area (Å²) in [6, 6.07) is 22.0. The summed E-state index contributed by atoms with van der Waals surface area (Å²) in [5.41, 5.74) is 11.0. The molecule has 0 radical (unpaired) electrons. The third-order valence-electron chi connectivity index (χ3n) is 4.96. The van der Waals surface area contributed by atoms with Crippen molar-refractivity contribution in [1.82, 2.24) is 0 Å². The third-order valence-corrected chi connectivity index (χ3v) is 4.96. The molecule has 0 saturated heterocycles. The van der Waals surface area contributed by atoms with Crippen molar-refractivity contribution in [3.63, 3.8) is 0 Å². The van der Waals surface area contributed by atoms with Crippen molar-refractivity contribution in [3.8, 4) is 22.3 Å². The summed E-state index contributed by atoms with van der Waals surface area (Å²) in [7, 11) is 0. The number of aryl methyl sites for hydroxylation is 2. The van der Waals surface area contributed by atoms with E-state index in [1.54, 1.807) is 0 Å². The van der Waals surface area contributed by atoms with Crippen LogP contribution in [0, 0.1) is 20.8 Å². The van der Waals surface area contributed by atoms with Gasteiger partial charge in [-0.05, 0) is 71.2 Å². The van der Waals surface area contributed by atoms with Gasteiger partial charge in [0.25, 0.3) is 0 Å². The molecule has 3 rings (SSSR count). The highest BCUT2D eigenvalue weighted by Crippen LogP contribution is 2.38. The van der Waals surface area contributed by atoms with E-state index in [2.05, 4.69) is 95.3 Å². The van der Waals surface area contributed by atoms with Crippen LogP contribution in [0.25, 0.3) is 22.3 Å². The Kier molecular flexibility index (Phi) is 4.57. The first kappa shape index (κ1) is 16.5. The standard InChI is InChI=1S/C24H26/c1-16(2)24-19(5)22(20-12-8-6-10-17(20)3)14-15-23(24)21-13-9-7-11-18(21)4/h6-16H,1-5H3. The second-order valence-corrected chi connectivity index (χ2v) is 6.98. The molecule has 0 aliphatic heterocycles. The maximum Gasteiger partial charge on any atom is -0.0144 e. The van der Waals surface area contributed by atoms with Crippen molar-refractivity contribution in [2.75, 3.05) is 0 Å². The van der Waals surface area contributed by atoms with E-state index in [0.29, 0.717) is 5.92 Å². The van der Waals surface area contributed by atoms with Crippen LogP contribution in [0.15, 0.2) is 60.7 Å². The molecule has 122 valence electrons. The molecule has 0 spiro atoms. The zero-order chi connectivity index (χ0) is 17.3. The Morgan fingerprint density at radius 1 is 0.542 bits per heavy atom. The Labute approximate surface area is 146 Å². The fourth-order valence-electron chi connectivity index (χ4n) is 3.75. The molecule has 3 aromatic rings. The summed E-state index contributed by atoms with van der Waals surface area (Å²) >= 11 is 0. The van der Waals surface area contributed by atoms with Gasteiger partial charge in [0.15, 0.2) is 0 Å². The Bertz CT molecular complexity index is 869. The van der Waals surface area contributed by atoms with E-state index in [9.17, 15) is 0 Å². The van der Waals surface area contributed by atoms with Gasteiger partial charge in [-0.25, -0.2) is 0 Å². The van der Waals surface area contributed by atoms with Gasteiger partial charge in [0.05, 0.1) is 0 Å². The molecule has 0 fully saturated rings. The molecule has 0 nitrogen and oxygen atoms in total. The van der Waals surface area contributed by atoms with Gasteiger partial charge in [-0.3, -0.25) is 0 Å². The summed E-state index contributed by atoms with van der Waals surface area (Å²) in [4.78, 5) is 0. The molecule has 0 N–H and O–H groups in total. The maximum atomic E-state index is 2.31. The van der Waals surface area contributed by atoms with Gasteiger partial charge in [0, 0.05) is 0 Å². The van der Waals surface area contributed by atoms with E-state index in [0.717, 1.165) is 0 Å². The fourth-order valence-corrected chi connectivity index (χ4v) is 3.75. The van der Waals surface area contributed by atoms with Gasteiger partial charge < -0.3 is 0 Å². The van der Waals surface area contributed by atoms with Crippen LogP contribution < -0.4 is 0 Å². The normalized spacial score (nSPS) is 11.1. The van der Waals surface area contributed by atoms with Crippen LogP contribution in [0.2, 0.25) is 0 Å². The highest BCUT2D eigenvalue weighted by molar-refractivity contribution is 5.80. The summed E-state index contributed by atoms with van der Waals surface area (Å²) in [5.74, 6) is 0.489. The second kappa shape index (κ2) is 6.65. The van der Waals surface area contributed by atoms with Crippen molar-refractivity contribution >= 4 is 0 Å². The number of benzene rings is 3. The van der Waals surface area contributed by atoms with Gasteiger partial charge in [-0.1, -0.05) is 74.5 Å². The molecule has 0 unspecified atom stereocenters. The van der Waals surface area contributed by atoms with Crippen LogP contribution in [-0.4, -0.2) is 0 Å². The second-order valence-electron chi connectivity index (χ2n) is 6.98. The highest BCUT2D eigenvalue weighted by Gasteiger charge is 2.16. The number of rotatable bonds is 3.